The maximum Gasteiger partial charge on any atom is 0.273 e. The molecular weight excluding hydrogens is 623 g/mol. The van der Waals surface area contributed by atoms with E-state index in [4.69, 9.17) is 9.97 Å². The van der Waals surface area contributed by atoms with Gasteiger partial charge in [-0.25, -0.2) is 8.42 Å². The molecule has 11 heteroatoms. The maximum atomic E-state index is 13.3. The predicted octanol–water partition coefficient (Wildman–Crippen LogP) is 6.05. The molecule has 48 heavy (non-hydrogen) atoms. The van der Waals surface area contributed by atoms with E-state index in [2.05, 4.69) is 21.5 Å². The lowest BCUT2D eigenvalue weighted by Gasteiger charge is -2.32. The van der Waals surface area contributed by atoms with E-state index in [1.807, 2.05) is 110 Å². The first kappa shape index (κ1) is 32.5. The Bertz CT molecular complexity index is 2190. The fraction of sp³-hybridized carbons (Fsp3) is 0.216. The number of benzene rings is 2. The minimum absolute atomic E-state index is 0.0809. The Morgan fingerprint density at radius 1 is 0.854 bits per heavy atom. The van der Waals surface area contributed by atoms with Gasteiger partial charge >= 0.3 is 0 Å². The van der Waals surface area contributed by atoms with Gasteiger partial charge in [0.1, 0.15) is 11.2 Å². The number of nitrogens with one attached hydrogen (secondary N) is 2. The number of fused-ring (bicyclic) bond motifs is 1. The van der Waals surface area contributed by atoms with Gasteiger partial charge in [-0.05, 0) is 85.6 Å². The molecule has 2 N–H and O–H groups in total. The molecule has 0 aliphatic heterocycles. The van der Waals surface area contributed by atoms with Crippen molar-refractivity contribution in [2.45, 2.75) is 25.9 Å². The second-order valence-electron chi connectivity index (χ2n) is 12.1. The first-order chi connectivity index (χ1) is 23.0. The van der Waals surface area contributed by atoms with Crippen molar-refractivity contribution in [2.75, 3.05) is 34.8 Å². The van der Waals surface area contributed by atoms with Gasteiger partial charge in [0.15, 0.2) is 0 Å². The third-order valence-electron chi connectivity index (χ3n) is 8.71. The van der Waals surface area contributed by atoms with Gasteiger partial charge in [-0.2, -0.15) is 0 Å². The zero-order valence-electron chi connectivity index (χ0n) is 27.7. The SMILES string of the molecule is CCS(=O)(=O)Nc1cc(-c2cc(NCc3ccc(N(C)C)cc3)c(=O)n(C)c2)cc2c1ccn2C(C)(c1ccccn1)c1ccccn1. The second-order valence-corrected chi connectivity index (χ2v) is 14.1. The lowest BCUT2D eigenvalue weighted by molar-refractivity contribution is 0.463. The van der Waals surface area contributed by atoms with Crippen molar-refractivity contribution < 1.29 is 8.42 Å². The van der Waals surface area contributed by atoms with Crippen LogP contribution in [0.4, 0.5) is 17.1 Å². The molecule has 2 aromatic carbocycles. The number of aryl methyl sites for hydroxylation is 1. The number of sulfonamides is 1. The minimum Gasteiger partial charge on any atom is -0.378 e. The molecule has 0 aliphatic rings. The summed E-state index contributed by atoms with van der Waals surface area (Å²) >= 11 is 0. The summed E-state index contributed by atoms with van der Waals surface area (Å²) in [6, 6.07) is 27.3. The Balaban J connectivity index is 1.51. The highest BCUT2D eigenvalue weighted by molar-refractivity contribution is 7.92. The van der Waals surface area contributed by atoms with Crippen LogP contribution < -0.4 is 20.5 Å². The molecule has 246 valence electrons. The van der Waals surface area contributed by atoms with Crippen LogP contribution in [-0.4, -0.2) is 47.4 Å². The Kier molecular flexibility index (Phi) is 8.81. The summed E-state index contributed by atoms with van der Waals surface area (Å²) in [5.41, 5.74) is 5.77. The van der Waals surface area contributed by atoms with Gasteiger partial charge in [0.2, 0.25) is 10.0 Å². The molecule has 0 spiro atoms. The first-order valence-corrected chi connectivity index (χ1v) is 17.4. The van der Waals surface area contributed by atoms with Gasteiger partial charge in [0.25, 0.3) is 5.56 Å². The van der Waals surface area contributed by atoms with Crippen LogP contribution in [0.3, 0.4) is 0 Å². The van der Waals surface area contributed by atoms with Crippen LogP contribution in [-0.2, 0) is 29.2 Å². The predicted molar refractivity (Wildman–Crippen MR) is 194 cm³/mol. The van der Waals surface area contributed by atoms with Crippen LogP contribution in [0.5, 0.6) is 0 Å². The largest absolute Gasteiger partial charge is 0.378 e. The molecule has 0 fully saturated rings. The molecular formula is C37H39N7O3S. The Morgan fingerprint density at radius 2 is 1.50 bits per heavy atom. The van der Waals surface area contributed by atoms with Crippen molar-refractivity contribution in [3.05, 3.63) is 137 Å². The quantitative estimate of drug-likeness (QED) is 0.174. The molecule has 6 rings (SSSR count). The normalized spacial score (nSPS) is 11.9. The number of anilines is 3. The number of hydrogen-bond donors (Lipinski definition) is 2. The lowest BCUT2D eigenvalue weighted by Crippen LogP contribution is -2.34. The van der Waals surface area contributed by atoms with Crippen LogP contribution in [0.2, 0.25) is 0 Å². The van der Waals surface area contributed by atoms with Crippen LogP contribution in [0.15, 0.2) is 115 Å². The first-order valence-electron chi connectivity index (χ1n) is 15.7. The second kappa shape index (κ2) is 13.0. The molecule has 0 aliphatic carbocycles. The molecule has 10 nitrogen and oxygen atoms in total. The molecule has 0 radical (unpaired) electrons. The molecule has 0 atom stereocenters. The highest BCUT2D eigenvalue weighted by atomic mass is 32.2. The summed E-state index contributed by atoms with van der Waals surface area (Å²) < 4.78 is 32.3. The molecule has 0 amide bonds. The zero-order valence-corrected chi connectivity index (χ0v) is 28.5. The molecule has 4 aromatic heterocycles. The number of aromatic nitrogens is 4. The fourth-order valence-corrected chi connectivity index (χ4v) is 6.56. The Hall–Kier alpha value is -5.42. The summed E-state index contributed by atoms with van der Waals surface area (Å²) in [6.07, 6.45) is 7.22. The van der Waals surface area contributed by atoms with Crippen molar-refractivity contribution in [1.82, 2.24) is 19.1 Å². The summed E-state index contributed by atoms with van der Waals surface area (Å²) in [5.74, 6) is -0.0809. The number of pyridine rings is 3. The smallest absolute Gasteiger partial charge is 0.273 e. The molecule has 0 bridgehead atoms. The maximum absolute atomic E-state index is 13.3. The van der Waals surface area contributed by atoms with Crippen molar-refractivity contribution >= 4 is 38.0 Å². The van der Waals surface area contributed by atoms with Gasteiger partial charge in [0, 0.05) is 69.1 Å². The lowest BCUT2D eigenvalue weighted by atomic mass is 9.91. The van der Waals surface area contributed by atoms with Crippen molar-refractivity contribution in [3.8, 4) is 11.1 Å². The van der Waals surface area contributed by atoms with Gasteiger partial charge in [-0.3, -0.25) is 19.5 Å². The van der Waals surface area contributed by atoms with E-state index in [1.54, 1.807) is 32.6 Å². The molecule has 0 saturated carbocycles. The van der Waals surface area contributed by atoms with Crippen molar-refractivity contribution in [2.24, 2.45) is 7.05 Å². The van der Waals surface area contributed by atoms with Crippen molar-refractivity contribution in [3.63, 3.8) is 0 Å². The summed E-state index contributed by atoms with van der Waals surface area (Å²) in [6.45, 7) is 4.12. The third kappa shape index (κ3) is 6.28. The Morgan fingerprint density at radius 3 is 2.08 bits per heavy atom. The zero-order chi connectivity index (χ0) is 34.1. The monoisotopic (exact) mass is 661 g/mol. The van der Waals surface area contributed by atoms with E-state index in [1.165, 1.54) is 4.57 Å². The van der Waals surface area contributed by atoms with Gasteiger partial charge in [-0.1, -0.05) is 24.3 Å². The summed E-state index contributed by atoms with van der Waals surface area (Å²) in [4.78, 5) is 24.8. The Labute approximate surface area is 280 Å². The van der Waals surface area contributed by atoms with Gasteiger partial charge < -0.3 is 19.4 Å². The van der Waals surface area contributed by atoms with Crippen LogP contribution in [0.1, 0.15) is 30.8 Å². The van der Waals surface area contributed by atoms with E-state index in [9.17, 15) is 13.2 Å². The molecule has 6 aromatic rings. The van der Waals surface area contributed by atoms with E-state index in [-0.39, 0.29) is 11.3 Å². The van der Waals surface area contributed by atoms with E-state index in [0.29, 0.717) is 17.9 Å². The topological polar surface area (TPSA) is 114 Å². The minimum atomic E-state index is -3.62. The van der Waals surface area contributed by atoms with E-state index >= 15 is 0 Å². The van der Waals surface area contributed by atoms with E-state index < -0.39 is 15.6 Å². The average molecular weight is 662 g/mol. The van der Waals surface area contributed by atoms with E-state index in [0.717, 1.165) is 44.7 Å². The fourth-order valence-electron chi connectivity index (χ4n) is 5.91. The molecule has 0 unspecified atom stereocenters. The highest BCUT2D eigenvalue weighted by Gasteiger charge is 2.35. The van der Waals surface area contributed by atoms with Gasteiger partial charge in [-0.15, -0.1) is 0 Å². The van der Waals surface area contributed by atoms with Crippen LogP contribution in [0, 0.1) is 0 Å². The number of nitrogens with zero attached hydrogens (tertiary/aromatic N) is 5. The van der Waals surface area contributed by atoms with Crippen LogP contribution in [0.25, 0.3) is 22.0 Å². The third-order valence-corrected chi connectivity index (χ3v) is 10.0. The highest BCUT2D eigenvalue weighted by Crippen LogP contribution is 2.39. The number of hydrogen-bond acceptors (Lipinski definition) is 7. The number of rotatable bonds is 11. The van der Waals surface area contributed by atoms with Crippen molar-refractivity contribution in [1.29, 1.82) is 0 Å². The summed E-state index contributed by atoms with van der Waals surface area (Å²) in [5, 5.41) is 4.04. The molecule has 4 heterocycles. The van der Waals surface area contributed by atoms with Gasteiger partial charge in [0.05, 0.1) is 28.3 Å². The van der Waals surface area contributed by atoms with Crippen LogP contribution >= 0.6 is 0 Å². The molecule has 0 saturated heterocycles. The standard InChI is InChI=1S/C37H39N7O3S/c1-6-48(46,47)41-31-21-27(28-22-32(36(45)43(5)25-28)40-24-26-13-15-29(16-14-26)42(3)4)23-33-30(31)17-20-44(33)37(2,34-11-7-9-18-38-34)35-12-8-10-19-39-35/h7-23,25,40-41H,6,24H2,1-5H3. The summed E-state index contributed by atoms with van der Waals surface area (Å²) in [7, 11) is 2.08. The average Bonchev–Trinajstić information content (AvgIpc) is 3.54.